The third-order valence-corrected chi connectivity index (χ3v) is 4.77. The second-order valence-corrected chi connectivity index (χ2v) is 7.04. The SMILES string of the molecule is CCNC(=NCc1cc(-c2ccccc2)on1)NCCc1ccc(-n2cccn2)cc1. The van der Waals surface area contributed by atoms with E-state index in [1.165, 1.54) is 5.56 Å². The number of nitrogens with zero attached hydrogens (tertiary/aromatic N) is 4. The molecule has 2 heterocycles. The van der Waals surface area contributed by atoms with E-state index in [9.17, 15) is 0 Å². The minimum atomic E-state index is 0.449. The van der Waals surface area contributed by atoms with Gasteiger partial charge in [-0.2, -0.15) is 5.10 Å². The summed E-state index contributed by atoms with van der Waals surface area (Å²) < 4.78 is 7.30. The van der Waals surface area contributed by atoms with Gasteiger partial charge in [0.15, 0.2) is 11.7 Å². The van der Waals surface area contributed by atoms with Crippen molar-refractivity contribution in [1.29, 1.82) is 0 Å². The van der Waals surface area contributed by atoms with Gasteiger partial charge in [-0.1, -0.05) is 47.6 Å². The minimum absolute atomic E-state index is 0.449. The van der Waals surface area contributed by atoms with Crippen LogP contribution in [0.15, 0.2) is 88.6 Å². The molecular formula is C24H26N6O. The molecule has 158 valence electrons. The highest BCUT2D eigenvalue weighted by Gasteiger charge is 2.06. The third kappa shape index (κ3) is 5.60. The number of benzene rings is 2. The van der Waals surface area contributed by atoms with Gasteiger partial charge in [-0.25, -0.2) is 9.67 Å². The first-order valence-electron chi connectivity index (χ1n) is 10.4. The molecule has 0 radical (unpaired) electrons. The van der Waals surface area contributed by atoms with Crippen molar-refractivity contribution >= 4 is 5.96 Å². The topological polar surface area (TPSA) is 80.3 Å². The van der Waals surface area contributed by atoms with Crippen LogP contribution in [0, 0.1) is 0 Å². The third-order valence-electron chi connectivity index (χ3n) is 4.77. The van der Waals surface area contributed by atoms with Crippen LogP contribution in [0.2, 0.25) is 0 Å². The van der Waals surface area contributed by atoms with Gasteiger partial charge in [0.25, 0.3) is 0 Å². The monoisotopic (exact) mass is 414 g/mol. The van der Waals surface area contributed by atoms with Gasteiger partial charge in [0, 0.05) is 37.1 Å². The Morgan fingerprint density at radius 1 is 1.03 bits per heavy atom. The molecule has 0 bridgehead atoms. The van der Waals surface area contributed by atoms with E-state index in [1.807, 2.05) is 53.3 Å². The molecule has 0 aliphatic heterocycles. The zero-order valence-electron chi connectivity index (χ0n) is 17.5. The van der Waals surface area contributed by atoms with Crippen molar-refractivity contribution in [2.45, 2.75) is 19.9 Å². The van der Waals surface area contributed by atoms with Gasteiger partial charge in [-0.15, -0.1) is 0 Å². The summed E-state index contributed by atoms with van der Waals surface area (Å²) in [6, 6.07) is 22.2. The van der Waals surface area contributed by atoms with E-state index < -0.39 is 0 Å². The smallest absolute Gasteiger partial charge is 0.191 e. The number of aliphatic imine (C=N–C) groups is 1. The number of rotatable bonds is 8. The first-order valence-corrected chi connectivity index (χ1v) is 10.4. The molecule has 0 atom stereocenters. The lowest BCUT2D eigenvalue weighted by molar-refractivity contribution is 0.424. The molecule has 2 aromatic heterocycles. The van der Waals surface area contributed by atoms with Gasteiger partial charge >= 0.3 is 0 Å². The summed E-state index contributed by atoms with van der Waals surface area (Å²) in [4.78, 5) is 4.63. The van der Waals surface area contributed by atoms with Gasteiger partial charge in [0.1, 0.15) is 5.69 Å². The van der Waals surface area contributed by atoms with Crippen LogP contribution in [0.1, 0.15) is 18.2 Å². The van der Waals surface area contributed by atoms with Crippen molar-refractivity contribution in [3.63, 3.8) is 0 Å². The van der Waals surface area contributed by atoms with Crippen molar-refractivity contribution in [3.05, 3.63) is 90.4 Å². The second-order valence-electron chi connectivity index (χ2n) is 7.04. The molecule has 7 heteroatoms. The fraction of sp³-hybridized carbons (Fsp3) is 0.208. The number of hydrogen-bond donors (Lipinski definition) is 2. The molecule has 4 aromatic rings. The highest BCUT2D eigenvalue weighted by Crippen LogP contribution is 2.19. The van der Waals surface area contributed by atoms with E-state index in [0.717, 1.165) is 48.2 Å². The fourth-order valence-corrected chi connectivity index (χ4v) is 3.19. The lowest BCUT2D eigenvalue weighted by Gasteiger charge is -2.11. The molecule has 0 saturated heterocycles. The predicted octanol–water partition coefficient (Wildman–Crippen LogP) is 3.83. The Balaban J connectivity index is 1.30. The van der Waals surface area contributed by atoms with Crippen molar-refractivity contribution in [2.24, 2.45) is 4.99 Å². The van der Waals surface area contributed by atoms with Crippen LogP contribution in [0.5, 0.6) is 0 Å². The van der Waals surface area contributed by atoms with E-state index in [1.54, 1.807) is 6.20 Å². The van der Waals surface area contributed by atoms with E-state index in [2.05, 4.69) is 57.1 Å². The van der Waals surface area contributed by atoms with Crippen LogP contribution in [-0.2, 0) is 13.0 Å². The Labute approximate surface area is 181 Å². The highest BCUT2D eigenvalue weighted by atomic mass is 16.5. The first-order chi connectivity index (χ1) is 15.3. The summed E-state index contributed by atoms with van der Waals surface area (Å²) in [6.45, 7) is 4.07. The van der Waals surface area contributed by atoms with Crippen LogP contribution < -0.4 is 10.6 Å². The average Bonchev–Trinajstić information content (AvgIpc) is 3.51. The van der Waals surface area contributed by atoms with Gasteiger partial charge in [0.2, 0.25) is 0 Å². The standard InChI is InChI=1S/C24H26N6O/c1-2-25-24(27-18-21-17-23(31-29-21)20-7-4-3-5-8-20)26-15-13-19-9-11-22(12-10-19)30-16-6-14-28-30/h3-12,14,16-17H,2,13,15,18H2,1H3,(H2,25,26,27). The molecule has 0 aliphatic carbocycles. The summed E-state index contributed by atoms with van der Waals surface area (Å²) in [7, 11) is 0. The largest absolute Gasteiger partial charge is 0.357 e. The van der Waals surface area contributed by atoms with E-state index >= 15 is 0 Å². The maximum atomic E-state index is 5.45. The van der Waals surface area contributed by atoms with Gasteiger partial charge in [-0.05, 0) is 37.1 Å². The highest BCUT2D eigenvalue weighted by molar-refractivity contribution is 5.79. The van der Waals surface area contributed by atoms with Crippen molar-refractivity contribution in [3.8, 4) is 17.0 Å². The zero-order chi connectivity index (χ0) is 21.3. The molecular weight excluding hydrogens is 388 g/mol. The molecule has 0 fully saturated rings. The number of guanidine groups is 1. The minimum Gasteiger partial charge on any atom is -0.357 e. The molecule has 0 amide bonds. The predicted molar refractivity (Wildman–Crippen MR) is 122 cm³/mol. The van der Waals surface area contributed by atoms with Crippen LogP contribution in [0.3, 0.4) is 0 Å². The van der Waals surface area contributed by atoms with Crippen LogP contribution >= 0.6 is 0 Å². The molecule has 0 aliphatic rings. The lowest BCUT2D eigenvalue weighted by atomic mass is 10.1. The van der Waals surface area contributed by atoms with E-state index in [4.69, 9.17) is 4.52 Å². The Bertz CT molecular complexity index is 1080. The molecule has 31 heavy (non-hydrogen) atoms. The van der Waals surface area contributed by atoms with Crippen LogP contribution in [0.4, 0.5) is 0 Å². The summed E-state index contributed by atoms with van der Waals surface area (Å²) in [5.74, 6) is 1.52. The Morgan fingerprint density at radius 3 is 2.61 bits per heavy atom. The molecule has 0 unspecified atom stereocenters. The summed E-state index contributed by atoms with van der Waals surface area (Å²) >= 11 is 0. The molecule has 4 rings (SSSR count). The van der Waals surface area contributed by atoms with Gasteiger partial charge in [0.05, 0.1) is 12.2 Å². The molecule has 2 aromatic carbocycles. The van der Waals surface area contributed by atoms with Gasteiger partial charge in [-0.3, -0.25) is 0 Å². The maximum Gasteiger partial charge on any atom is 0.191 e. The molecule has 0 spiro atoms. The lowest BCUT2D eigenvalue weighted by Crippen LogP contribution is -2.38. The summed E-state index contributed by atoms with van der Waals surface area (Å²) in [5, 5.41) is 15.0. The van der Waals surface area contributed by atoms with Gasteiger partial charge < -0.3 is 15.2 Å². The molecule has 7 nitrogen and oxygen atoms in total. The number of hydrogen-bond acceptors (Lipinski definition) is 4. The summed E-state index contributed by atoms with van der Waals surface area (Å²) in [5.41, 5.74) is 4.11. The molecule has 2 N–H and O–H groups in total. The fourth-order valence-electron chi connectivity index (χ4n) is 3.19. The van der Waals surface area contributed by atoms with Crippen molar-refractivity contribution in [1.82, 2.24) is 25.6 Å². The van der Waals surface area contributed by atoms with E-state index in [-0.39, 0.29) is 0 Å². The normalized spacial score (nSPS) is 11.5. The van der Waals surface area contributed by atoms with Crippen LogP contribution in [-0.4, -0.2) is 34.0 Å². The average molecular weight is 415 g/mol. The van der Waals surface area contributed by atoms with Crippen molar-refractivity contribution < 1.29 is 4.52 Å². The summed E-state index contributed by atoms with van der Waals surface area (Å²) in [6.07, 6.45) is 4.61. The maximum absolute atomic E-state index is 5.45. The van der Waals surface area contributed by atoms with Crippen LogP contribution in [0.25, 0.3) is 17.0 Å². The quantitative estimate of drug-likeness (QED) is 0.338. The zero-order valence-corrected chi connectivity index (χ0v) is 17.5. The Morgan fingerprint density at radius 2 is 1.87 bits per heavy atom. The van der Waals surface area contributed by atoms with Crippen molar-refractivity contribution in [2.75, 3.05) is 13.1 Å². The van der Waals surface area contributed by atoms with E-state index in [0.29, 0.717) is 6.54 Å². The number of aromatic nitrogens is 3. The Hall–Kier alpha value is -3.87. The molecule has 0 saturated carbocycles. The number of nitrogens with one attached hydrogen (secondary N) is 2. The second kappa shape index (κ2) is 10.2. The Kier molecular flexibility index (Phi) is 6.74. The first kappa shape index (κ1) is 20.4.